The molecule has 0 saturated heterocycles. The minimum absolute atomic E-state index is 0.103. The number of fused-ring (bicyclic) bond motifs is 1. The number of aryl methyl sites for hydroxylation is 2. The Kier molecular flexibility index (Phi) is 4.85. The molecule has 146 valence electrons. The fraction of sp³-hybridized carbons (Fsp3) is 0.400. The maximum atomic E-state index is 12.6. The minimum atomic E-state index is -0.283. The summed E-state index contributed by atoms with van der Waals surface area (Å²) in [5.74, 6) is 0.494. The van der Waals surface area contributed by atoms with Gasteiger partial charge >= 0.3 is 5.69 Å². The number of hydrogen-bond donors (Lipinski definition) is 1. The van der Waals surface area contributed by atoms with E-state index in [9.17, 15) is 9.59 Å². The Morgan fingerprint density at radius 3 is 2.68 bits per heavy atom. The SMILES string of the molecule is Cc1nn(-c2ccccc2)c(C)c1NC(=O)Cn1nc2n(c1=O)CCCCC2. The lowest BCUT2D eigenvalue weighted by molar-refractivity contribution is -0.117. The van der Waals surface area contributed by atoms with Crippen LogP contribution < -0.4 is 11.0 Å². The molecule has 0 unspecified atom stereocenters. The van der Waals surface area contributed by atoms with Gasteiger partial charge in [0, 0.05) is 13.0 Å². The summed E-state index contributed by atoms with van der Waals surface area (Å²) in [4.78, 5) is 25.2. The number of nitrogens with one attached hydrogen (secondary N) is 1. The molecular formula is C20H24N6O2. The number of benzene rings is 1. The van der Waals surface area contributed by atoms with Crippen LogP contribution in [-0.4, -0.2) is 30.0 Å². The van der Waals surface area contributed by atoms with E-state index in [-0.39, 0.29) is 18.1 Å². The molecule has 3 heterocycles. The van der Waals surface area contributed by atoms with Crippen LogP contribution in [0.2, 0.25) is 0 Å². The third-order valence-corrected chi connectivity index (χ3v) is 5.13. The van der Waals surface area contributed by atoms with Crippen molar-refractivity contribution in [2.45, 2.75) is 52.6 Å². The van der Waals surface area contributed by atoms with Crippen LogP contribution in [0.3, 0.4) is 0 Å². The molecule has 0 saturated carbocycles. The van der Waals surface area contributed by atoms with Gasteiger partial charge in [-0.05, 0) is 38.8 Å². The number of aromatic nitrogens is 5. The van der Waals surface area contributed by atoms with Crippen molar-refractivity contribution in [1.29, 1.82) is 0 Å². The molecule has 0 radical (unpaired) electrons. The lowest BCUT2D eigenvalue weighted by Crippen LogP contribution is -2.30. The minimum Gasteiger partial charge on any atom is -0.321 e. The summed E-state index contributed by atoms with van der Waals surface area (Å²) in [6.07, 6.45) is 3.89. The average molecular weight is 380 g/mol. The Bertz CT molecular complexity index is 1060. The van der Waals surface area contributed by atoms with Crippen LogP contribution in [0, 0.1) is 13.8 Å². The predicted octanol–water partition coefficient (Wildman–Crippen LogP) is 2.21. The second kappa shape index (κ2) is 7.46. The molecule has 8 heteroatoms. The first kappa shape index (κ1) is 18.2. The van der Waals surface area contributed by atoms with Crippen LogP contribution in [0.4, 0.5) is 5.69 Å². The van der Waals surface area contributed by atoms with Gasteiger partial charge in [0.2, 0.25) is 5.91 Å². The van der Waals surface area contributed by atoms with Crippen molar-refractivity contribution in [3.8, 4) is 5.69 Å². The number of nitrogens with zero attached hydrogens (tertiary/aromatic N) is 5. The van der Waals surface area contributed by atoms with Gasteiger partial charge in [-0.15, -0.1) is 0 Å². The van der Waals surface area contributed by atoms with E-state index in [0.717, 1.165) is 48.6 Å². The standard InChI is InChI=1S/C20H24N6O2/c1-14-19(15(2)26(22-14)16-9-5-3-6-10-16)21-18(27)13-25-20(28)24-12-8-4-7-11-17(24)23-25/h3,5-6,9-10H,4,7-8,11-13H2,1-2H3,(H,21,27). The lowest BCUT2D eigenvalue weighted by Gasteiger charge is -2.07. The van der Waals surface area contributed by atoms with Crippen LogP contribution in [0.5, 0.6) is 0 Å². The molecular weight excluding hydrogens is 356 g/mol. The smallest absolute Gasteiger partial charge is 0.321 e. The largest absolute Gasteiger partial charge is 0.346 e. The van der Waals surface area contributed by atoms with Crippen molar-refractivity contribution in [3.63, 3.8) is 0 Å². The molecule has 0 bridgehead atoms. The third kappa shape index (κ3) is 3.37. The van der Waals surface area contributed by atoms with Gasteiger partial charge in [0.15, 0.2) is 0 Å². The number of carbonyl (C=O) groups excluding carboxylic acids is 1. The molecule has 3 aromatic rings. The van der Waals surface area contributed by atoms with Gasteiger partial charge in [0.25, 0.3) is 0 Å². The molecule has 1 aromatic carbocycles. The van der Waals surface area contributed by atoms with Gasteiger partial charge in [-0.2, -0.15) is 10.2 Å². The van der Waals surface area contributed by atoms with E-state index in [1.807, 2.05) is 44.2 Å². The maximum absolute atomic E-state index is 12.6. The van der Waals surface area contributed by atoms with Gasteiger partial charge in [0.1, 0.15) is 12.4 Å². The van der Waals surface area contributed by atoms with E-state index in [2.05, 4.69) is 15.5 Å². The summed E-state index contributed by atoms with van der Waals surface area (Å²) < 4.78 is 4.77. The Labute approximate surface area is 162 Å². The molecule has 2 aromatic heterocycles. The lowest BCUT2D eigenvalue weighted by atomic mass is 10.2. The summed E-state index contributed by atoms with van der Waals surface area (Å²) in [5, 5.41) is 11.8. The molecule has 0 atom stereocenters. The average Bonchev–Trinajstić information content (AvgIpc) is 3.01. The number of carbonyl (C=O) groups is 1. The first-order valence-corrected chi connectivity index (χ1v) is 9.62. The maximum Gasteiger partial charge on any atom is 0.346 e. The molecule has 0 fully saturated rings. The Hall–Kier alpha value is -3.16. The molecule has 1 amide bonds. The van der Waals surface area contributed by atoms with Gasteiger partial charge in [0.05, 0.1) is 22.8 Å². The Morgan fingerprint density at radius 2 is 1.89 bits per heavy atom. The van der Waals surface area contributed by atoms with Crippen molar-refractivity contribution in [3.05, 3.63) is 58.0 Å². The number of amides is 1. The number of para-hydroxylation sites is 1. The van der Waals surface area contributed by atoms with Crippen LogP contribution in [0.25, 0.3) is 5.69 Å². The second-order valence-corrected chi connectivity index (χ2v) is 7.16. The van der Waals surface area contributed by atoms with Crippen molar-refractivity contribution >= 4 is 11.6 Å². The molecule has 8 nitrogen and oxygen atoms in total. The quantitative estimate of drug-likeness (QED) is 0.752. The highest BCUT2D eigenvalue weighted by atomic mass is 16.2. The summed E-state index contributed by atoms with van der Waals surface area (Å²) in [7, 11) is 0. The normalized spacial score (nSPS) is 13.8. The van der Waals surface area contributed by atoms with Crippen LogP contribution in [0.15, 0.2) is 35.1 Å². The summed E-state index contributed by atoms with van der Waals surface area (Å²) in [6, 6.07) is 9.76. The van der Waals surface area contributed by atoms with E-state index < -0.39 is 0 Å². The topological polar surface area (TPSA) is 86.7 Å². The number of hydrogen-bond acceptors (Lipinski definition) is 4. The molecule has 1 N–H and O–H groups in total. The van der Waals surface area contributed by atoms with Gasteiger partial charge in [-0.3, -0.25) is 9.36 Å². The van der Waals surface area contributed by atoms with E-state index in [4.69, 9.17) is 0 Å². The van der Waals surface area contributed by atoms with E-state index in [0.29, 0.717) is 12.2 Å². The summed E-state index contributed by atoms with van der Waals surface area (Å²) in [5.41, 5.74) is 2.95. The van der Waals surface area contributed by atoms with Crippen molar-refractivity contribution in [2.75, 3.05) is 5.32 Å². The van der Waals surface area contributed by atoms with E-state index in [1.165, 1.54) is 4.68 Å². The number of anilines is 1. The second-order valence-electron chi connectivity index (χ2n) is 7.16. The highest BCUT2D eigenvalue weighted by Crippen LogP contribution is 2.22. The van der Waals surface area contributed by atoms with Crippen molar-refractivity contribution < 1.29 is 4.79 Å². The molecule has 0 aliphatic carbocycles. The fourth-order valence-electron chi connectivity index (χ4n) is 3.69. The third-order valence-electron chi connectivity index (χ3n) is 5.13. The predicted molar refractivity (Wildman–Crippen MR) is 106 cm³/mol. The summed E-state index contributed by atoms with van der Waals surface area (Å²) in [6.45, 7) is 4.34. The fourth-order valence-corrected chi connectivity index (χ4v) is 3.69. The molecule has 4 rings (SSSR count). The van der Waals surface area contributed by atoms with Gasteiger partial charge in [-0.1, -0.05) is 24.6 Å². The summed E-state index contributed by atoms with van der Waals surface area (Å²) >= 11 is 0. The Morgan fingerprint density at radius 1 is 1.11 bits per heavy atom. The zero-order chi connectivity index (χ0) is 19.7. The molecule has 0 spiro atoms. The number of rotatable bonds is 4. The van der Waals surface area contributed by atoms with E-state index >= 15 is 0 Å². The zero-order valence-electron chi connectivity index (χ0n) is 16.2. The first-order chi connectivity index (χ1) is 13.5. The monoisotopic (exact) mass is 380 g/mol. The van der Waals surface area contributed by atoms with Crippen molar-refractivity contribution in [2.24, 2.45) is 0 Å². The van der Waals surface area contributed by atoms with Crippen LogP contribution in [0.1, 0.15) is 36.5 Å². The molecule has 28 heavy (non-hydrogen) atoms. The highest BCUT2D eigenvalue weighted by molar-refractivity contribution is 5.91. The van der Waals surface area contributed by atoms with E-state index in [1.54, 1.807) is 9.25 Å². The van der Waals surface area contributed by atoms with Crippen LogP contribution in [-0.2, 0) is 24.3 Å². The van der Waals surface area contributed by atoms with Crippen LogP contribution >= 0.6 is 0 Å². The van der Waals surface area contributed by atoms with Gasteiger partial charge in [-0.25, -0.2) is 14.2 Å². The molecule has 1 aliphatic heterocycles. The molecule has 1 aliphatic rings. The van der Waals surface area contributed by atoms with Crippen molar-refractivity contribution in [1.82, 2.24) is 24.1 Å². The Balaban J connectivity index is 1.54. The highest BCUT2D eigenvalue weighted by Gasteiger charge is 2.19. The van der Waals surface area contributed by atoms with Gasteiger partial charge < -0.3 is 5.32 Å². The first-order valence-electron chi connectivity index (χ1n) is 9.62. The zero-order valence-corrected chi connectivity index (χ0v) is 16.2.